The Hall–Kier alpha value is -1.70. The number of ether oxygens (including phenoxy) is 4. The molecule has 0 unspecified atom stereocenters. The molecule has 2 aliphatic heterocycles. The quantitative estimate of drug-likeness (QED) is 0.268. The zero-order chi connectivity index (χ0) is 29.3. The molecule has 2 aliphatic rings. The van der Waals surface area contributed by atoms with Crippen molar-refractivity contribution in [3.8, 4) is 0 Å². The molecule has 12 atom stereocenters. The predicted molar refractivity (Wildman–Crippen MR) is 143 cm³/mol. The number of likely N-dealkylation sites (N-methyl/N-ethyl adjacent to an activating group) is 1. The molecule has 4 N–H and O–H groups in total. The standard InChI is InChI=1S/C28H47NO10/c1-16-9-7-8-10-20(31)14-17(2)37-22(33)15-21(32)27(36-6)26(19(13-16)11-12-30)39-28-25(35)23(29(4)5)24(34)18(3)38-28/h7-10,12,16-21,23-28,31-32,34-35H,11,13-15H2,1-6H3/b9-7-,10-8-/t16-,17+,18+,19-,20-,21-,23-,24+,25+,26-,27+,28-/m0/s1. The van der Waals surface area contributed by atoms with Gasteiger partial charge < -0.3 is 49.1 Å². The van der Waals surface area contributed by atoms with Crippen LogP contribution >= 0.6 is 0 Å². The van der Waals surface area contributed by atoms with E-state index in [1.165, 1.54) is 7.11 Å². The molecular formula is C28H47NO10. The highest BCUT2D eigenvalue weighted by Gasteiger charge is 2.47. The SMILES string of the molecule is CO[C@H]1[C@@H](O[C@@H]2O[C@H](C)[C@@H](O)[C@H](N(C)C)[C@H]2O)[C@@H](CC=O)C[C@@H](C)/C=C\C=C/[C@H](O)C[C@@H](C)OC(=O)C[C@@H]1O. The molecule has 11 nitrogen and oxygen atoms in total. The van der Waals surface area contributed by atoms with Crippen molar-refractivity contribution in [3.63, 3.8) is 0 Å². The molecule has 224 valence electrons. The van der Waals surface area contributed by atoms with Crippen molar-refractivity contribution in [3.05, 3.63) is 24.3 Å². The first kappa shape index (κ1) is 33.5. The van der Waals surface area contributed by atoms with Gasteiger partial charge in [0.05, 0.1) is 43.0 Å². The Kier molecular flexibility index (Phi) is 13.7. The smallest absolute Gasteiger partial charge is 0.308 e. The third-order valence-corrected chi connectivity index (χ3v) is 7.38. The Labute approximate surface area is 231 Å². The average molecular weight is 558 g/mol. The molecule has 0 bridgehead atoms. The predicted octanol–water partition coefficient (Wildman–Crippen LogP) is 0.575. The second-order valence-corrected chi connectivity index (χ2v) is 11.0. The van der Waals surface area contributed by atoms with Crippen molar-refractivity contribution in [1.29, 1.82) is 0 Å². The summed E-state index contributed by atoms with van der Waals surface area (Å²) in [6.45, 7) is 5.28. The van der Waals surface area contributed by atoms with E-state index in [1.54, 1.807) is 51.1 Å². The Morgan fingerprint density at radius 2 is 1.69 bits per heavy atom. The molecule has 2 heterocycles. The highest BCUT2D eigenvalue weighted by molar-refractivity contribution is 5.70. The Balaban J connectivity index is 2.46. The normalized spacial score (nSPS) is 43.0. The van der Waals surface area contributed by atoms with E-state index in [0.29, 0.717) is 6.42 Å². The summed E-state index contributed by atoms with van der Waals surface area (Å²) < 4.78 is 23.2. The van der Waals surface area contributed by atoms with Crippen LogP contribution in [0.1, 0.15) is 46.5 Å². The van der Waals surface area contributed by atoms with Gasteiger partial charge in [0, 0.05) is 20.0 Å². The van der Waals surface area contributed by atoms with Crippen molar-refractivity contribution in [1.82, 2.24) is 4.90 Å². The van der Waals surface area contributed by atoms with Gasteiger partial charge in [0.15, 0.2) is 6.29 Å². The zero-order valence-electron chi connectivity index (χ0n) is 23.8. The highest BCUT2D eigenvalue weighted by Crippen LogP contribution is 2.32. The van der Waals surface area contributed by atoms with E-state index in [1.807, 2.05) is 13.0 Å². The number of aldehydes is 1. The minimum absolute atomic E-state index is 0.0400. The number of allylic oxidation sites excluding steroid dienone is 3. The van der Waals surface area contributed by atoms with E-state index in [0.717, 1.165) is 6.29 Å². The van der Waals surface area contributed by atoms with Crippen LogP contribution in [-0.2, 0) is 28.5 Å². The molecule has 11 heteroatoms. The van der Waals surface area contributed by atoms with Crippen LogP contribution in [0.4, 0.5) is 0 Å². The fourth-order valence-corrected chi connectivity index (χ4v) is 5.38. The Morgan fingerprint density at radius 3 is 2.31 bits per heavy atom. The van der Waals surface area contributed by atoms with Crippen LogP contribution in [0.5, 0.6) is 0 Å². The first-order chi connectivity index (χ1) is 18.4. The van der Waals surface area contributed by atoms with Crippen molar-refractivity contribution in [2.24, 2.45) is 11.8 Å². The Morgan fingerprint density at radius 1 is 1.03 bits per heavy atom. The number of nitrogens with zero attached hydrogens (tertiary/aromatic N) is 1. The summed E-state index contributed by atoms with van der Waals surface area (Å²) in [5.74, 6) is -1.21. The third kappa shape index (κ3) is 9.72. The van der Waals surface area contributed by atoms with Gasteiger partial charge in [-0.1, -0.05) is 31.2 Å². The maximum Gasteiger partial charge on any atom is 0.308 e. The minimum atomic E-state index is -1.37. The van der Waals surface area contributed by atoms with Crippen LogP contribution in [0.15, 0.2) is 24.3 Å². The van der Waals surface area contributed by atoms with Gasteiger partial charge in [-0.3, -0.25) is 4.79 Å². The lowest BCUT2D eigenvalue weighted by molar-refractivity contribution is -0.309. The molecule has 0 amide bonds. The number of hydrogen-bond acceptors (Lipinski definition) is 11. The van der Waals surface area contributed by atoms with Crippen molar-refractivity contribution in [2.75, 3.05) is 21.2 Å². The van der Waals surface area contributed by atoms with E-state index in [-0.39, 0.29) is 18.8 Å². The minimum Gasteiger partial charge on any atom is -0.462 e. The van der Waals surface area contributed by atoms with Crippen LogP contribution in [0.2, 0.25) is 0 Å². The number of aliphatic hydroxyl groups is 4. The molecule has 0 spiro atoms. The molecule has 1 fully saturated rings. The van der Waals surface area contributed by atoms with Crippen molar-refractivity contribution < 1.29 is 49.0 Å². The number of cyclic esters (lactones) is 1. The maximum atomic E-state index is 12.6. The number of methoxy groups -OCH3 is 1. The monoisotopic (exact) mass is 557 g/mol. The first-order valence-corrected chi connectivity index (χ1v) is 13.6. The van der Waals surface area contributed by atoms with E-state index in [9.17, 15) is 30.0 Å². The van der Waals surface area contributed by atoms with Gasteiger partial charge in [-0.15, -0.1) is 0 Å². The molecule has 0 aromatic carbocycles. The lowest BCUT2D eigenvalue weighted by Crippen LogP contribution is -2.63. The van der Waals surface area contributed by atoms with E-state index in [2.05, 4.69) is 0 Å². The fraction of sp³-hybridized carbons (Fsp3) is 0.786. The van der Waals surface area contributed by atoms with Gasteiger partial charge in [-0.2, -0.15) is 0 Å². The molecule has 0 aromatic heterocycles. The van der Waals surface area contributed by atoms with Crippen LogP contribution in [-0.4, -0.2) is 120 Å². The van der Waals surface area contributed by atoms with Crippen molar-refractivity contribution >= 4 is 12.3 Å². The first-order valence-electron chi connectivity index (χ1n) is 13.6. The number of aliphatic hydroxyl groups excluding tert-OH is 4. The number of carbonyl (C=O) groups is 2. The molecule has 2 rings (SSSR count). The molecule has 0 aliphatic carbocycles. The van der Waals surface area contributed by atoms with Crippen molar-refractivity contribution in [2.45, 2.75) is 108 Å². The van der Waals surface area contributed by atoms with Crippen LogP contribution in [0, 0.1) is 11.8 Å². The van der Waals surface area contributed by atoms with Gasteiger partial charge in [-0.25, -0.2) is 0 Å². The molecule has 0 aromatic rings. The summed E-state index contributed by atoms with van der Waals surface area (Å²) in [7, 11) is 4.82. The average Bonchev–Trinajstić information content (AvgIpc) is 2.83. The largest absolute Gasteiger partial charge is 0.462 e. The van der Waals surface area contributed by atoms with Gasteiger partial charge in [0.1, 0.15) is 24.6 Å². The van der Waals surface area contributed by atoms with E-state index < -0.39 is 79.5 Å². The van der Waals surface area contributed by atoms with Gasteiger partial charge in [0.25, 0.3) is 0 Å². The number of carbonyl (C=O) groups excluding carboxylic acids is 2. The molecule has 0 saturated carbocycles. The second kappa shape index (κ2) is 15.9. The van der Waals surface area contributed by atoms with Crippen LogP contribution in [0.3, 0.4) is 0 Å². The summed E-state index contributed by atoms with van der Waals surface area (Å²) >= 11 is 0. The highest BCUT2D eigenvalue weighted by atomic mass is 16.7. The van der Waals surface area contributed by atoms with Gasteiger partial charge >= 0.3 is 5.97 Å². The summed E-state index contributed by atoms with van der Waals surface area (Å²) in [6.07, 6.45) is -0.852. The van der Waals surface area contributed by atoms with Crippen LogP contribution in [0.25, 0.3) is 0 Å². The number of rotatable bonds is 6. The summed E-state index contributed by atoms with van der Waals surface area (Å²) in [6, 6.07) is -0.694. The number of hydrogen-bond donors (Lipinski definition) is 4. The Bertz CT molecular complexity index is 820. The van der Waals surface area contributed by atoms with E-state index >= 15 is 0 Å². The lowest BCUT2D eigenvalue weighted by atomic mass is 9.84. The topological polar surface area (TPSA) is 155 Å². The number of esters is 1. The second-order valence-electron chi connectivity index (χ2n) is 11.0. The zero-order valence-corrected chi connectivity index (χ0v) is 23.8. The fourth-order valence-electron chi connectivity index (χ4n) is 5.38. The van der Waals surface area contributed by atoms with E-state index in [4.69, 9.17) is 18.9 Å². The molecule has 0 radical (unpaired) electrons. The molecule has 1 saturated heterocycles. The van der Waals surface area contributed by atoms with Crippen LogP contribution < -0.4 is 0 Å². The molecule has 39 heavy (non-hydrogen) atoms. The summed E-state index contributed by atoms with van der Waals surface area (Å²) in [5, 5.41) is 43.0. The van der Waals surface area contributed by atoms with Gasteiger partial charge in [-0.05, 0) is 46.2 Å². The summed E-state index contributed by atoms with van der Waals surface area (Å²) in [4.78, 5) is 26.1. The van der Waals surface area contributed by atoms with Gasteiger partial charge in [0.2, 0.25) is 0 Å². The molecular weight excluding hydrogens is 510 g/mol. The third-order valence-electron chi connectivity index (χ3n) is 7.38. The lowest BCUT2D eigenvalue weighted by Gasteiger charge is -2.46. The maximum absolute atomic E-state index is 12.6. The summed E-state index contributed by atoms with van der Waals surface area (Å²) in [5.41, 5.74) is 0.